The first-order valence-electron chi connectivity index (χ1n) is 6.54. The van der Waals surface area contributed by atoms with Gasteiger partial charge in [0.2, 0.25) is 0 Å². The topological polar surface area (TPSA) is 62.7 Å². The Bertz CT molecular complexity index is 433. The number of thiazole rings is 1. The van der Waals surface area contributed by atoms with E-state index in [0.717, 1.165) is 17.2 Å². The molecule has 1 aliphatic heterocycles. The van der Waals surface area contributed by atoms with E-state index in [1.165, 1.54) is 0 Å². The van der Waals surface area contributed by atoms with Gasteiger partial charge in [-0.15, -0.1) is 11.3 Å². The highest BCUT2D eigenvalue weighted by Crippen LogP contribution is 2.21. The molecule has 106 valence electrons. The van der Waals surface area contributed by atoms with Crippen LogP contribution in [0.3, 0.4) is 0 Å². The molecule has 0 amide bonds. The fraction of sp³-hybridized carbons (Fsp3) is 0.692. The summed E-state index contributed by atoms with van der Waals surface area (Å²) >= 11 is 1.68. The van der Waals surface area contributed by atoms with Crippen LogP contribution in [0.4, 0.5) is 0 Å². The Morgan fingerprint density at radius 3 is 3.11 bits per heavy atom. The van der Waals surface area contributed by atoms with Crippen molar-refractivity contribution in [2.45, 2.75) is 38.8 Å². The highest BCUT2D eigenvalue weighted by molar-refractivity contribution is 7.09. The third-order valence-corrected chi connectivity index (χ3v) is 4.38. The van der Waals surface area contributed by atoms with Crippen LogP contribution in [0.15, 0.2) is 5.38 Å². The molecule has 0 radical (unpaired) electrons. The first-order valence-corrected chi connectivity index (χ1v) is 7.42. The van der Waals surface area contributed by atoms with Gasteiger partial charge < -0.3 is 9.84 Å². The lowest BCUT2D eigenvalue weighted by Crippen LogP contribution is -2.45. The Balaban J connectivity index is 1.99. The van der Waals surface area contributed by atoms with Gasteiger partial charge >= 0.3 is 5.97 Å². The average Bonchev–Trinajstić information content (AvgIpc) is 2.80. The quantitative estimate of drug-likeness (QED) is 0.895. The van der Waals surface area contributed by atoms with Crippen LogP contribution in [0, 0.1) is 0 Å². The van der Waals surface area contributed by atoms with E-state index in [0.29, 0.717) is 25.7 Å². The van der Waals surface area contributed by atoms with Gasteiger partial charge in [0.25, 0.3) is 0 Å². The number of carbonyl (C=O) groups is 1. The predicted octanol–water partition coefficient (Wildman–Crippen LogP) is 1.94. The molecule has 0 bridgehead atoms. The molecule has 1 unspecified atom stereocenters. The number of carboxylic acid groups (broad SMARTS) is 1. The number of hydrogen-bond donors (Lipinski definition) is 1. The van der Waals surface area contributed by atoms with Crippen molar-refractivity contribution < 1.29 is 14.6 Å². The molecule has 1 fully saturated rings. The maximum atomic E-state index is 10.9. The molecule has 1 N–H and O–H groups in total. The van der Waals surface area contributed by atoms with Crippen molar-refractivity contribution in [3.8, 4) is 0 Å². The summed E-state index contributed by atoms with van der Waals surface area (Å²) in [7, 11) is 0. The summed E-state index contributed by atoms with van der Waals surface area (Å²) in [6, 6.07) is -0.0459. The van der Waals surface area contributed by atoms with Gasteiger partial charge in [-0.1, -0.05) is 13.8 Å². The minimum absolute atomic E-state index is 0.0459. The summed E-state index contributed by atoms with van der Waals surface area (Å²) in [5.74, 6) is -0.333. The summed E-state index contributed by atoms with van der Waals surface area (Å²) in [5, 5.41) is 12.1. The van der Waals surface area contributed by atoms with Crippen molar-refractivity contribution in [1.82, 2.24) is 9.88 Å². The van der Waals surface area contributed by atoms with E-state index >= 15 is 0 Å². The number of ether oxygens (including phenoxy) is 1. The Morgan fingerprint density at radius 1 is 1.68 bits per heavy atom. The highest BCUT2D eigenvalue weighted by Gasteiger charge is 2.25. The Kier molecular flexibility index (Phi) is 4.90. The van der Waals surface area contributed by atoms with E-state index in [9.17, 15) is 4.79 Å². The van der Waals surface area contributed by atoms with Crippen molar-refractivity contribution >= 4 is 17.3 Å². The summed E-state index contributed by atoms with van der Waals surface area (Å²) in [4.78, 5) is 17.6. The Labute approximate surface area is 117 Å². The molecule has 1 saturated heterocycles. The van der Waals surface area contributed by atoms with E-state index < -0.39 is 5.97 Å². The molecule has 1 atom stereocenters. The van der Waals surface area contributed by atoms with Crippen molar-refractivity contribution in [3.05, 3.63) is 16.1 Å². The fourth-order valence-corrected chi connectivity index (χ4v) is 2.98. The summed E-state index contributed by atoms with van der Waals surface area (Å²) in [6.07, 6.45) is 0.126. The van der Waals surface area contributed by atoms with Gasteiger partial charge in [0.1, 0.15) is 0 Å². The van der Waals surface area contributed by atoms with Crippen molar-refractivity contribution in [1.29, 1.82) is 0 Å². The molecule has 6 heteroatoms. The minimum atomic E-state index is -0.776. The van der Waals surface area contributed by atoms with E-state index in [-0.39, 0.29) is 12.5 Å². The highest BCUT2D eigenvalue weighted by atomic mass is 32.1. The van der Waals surface area contributed by atoms with Crippen molar-refractivity contribution in [3.63, 3.8) is 0 Å². The average molecular weight is 284 g/mol. The standard InChI is InChI=1S/C13H20N2O3S/c1-9(2)13-14-10(8-19-13)6-15-3-4-18-7-11(15)5-12(16)17/h8-9,11H,3-7H2,1-2H3,(H,16,17). The van der Waals surface area contributed by atoms with Gasteiger partial charge in [-0.25, -0.2) is 4.98 Å². The van der Waals surface area contributed by atoms with Crippen molar-refractivity contribution in [2.75, 3.05) is 19.8 Å². The summed E-state index contributed by atoms with van der Waals surface area (Å²) in [5.41, 5.74) is 1.03. The number of hydrogen-bond acceptors (Lipinski definition) is 5. The summed E-state index contributed by atoms with van der Waals surface area (Å²) < 4.78 is 5.37. The lowest BCUT2D eigenvalue weighted by atomic mass is 10.1. The SMILES string of the molecule is CC(C)c1nc(CN2CCOCC2CC(=O)O)cs1. The monoisotopic (exact) mass is 284 g/mol. The van der Waals surface area contributed by atoms with Crippen LogP contribution >= 0.6 is 11.3 Å². The maximum Gasteiger partial charge on any atom is 0.305 e. The van der Waals surface area contributed by atoms with E-state index in [4.69, 9.17) is 9.84 Å². The number of morpholine rings is 1. The smallest absolute Gasteiger partial charge is 0.305 e. The van der Waals surface area contributed by atoms with Crippen LogP contribution in [0.5, 0.6) is 0 Å². The molecular weight excluding hydrogens is 264 g/mol. The number of nitrogens with zero attached hydrogens (tertiary/aromatic N) is 2. The van der Waals surface area contributed by atoms with Crippen LogP contribution in [-0.4, -0.2) is 46.8 Å². The van der Waals surface area contributed by atoms with Gasteiger partial charge in [0.05, 0.1) is 30.3 Å². The second kappa shape index (κ2) is 6.45. The molecule has 5 nitrogen and oxygen atoms in total. The van der Waals surface area contributed by atoms with Crippen LogP contribution in [0.2, 0.25) is 0 Å². The van der Waals surface area contributed by atoms with E-state index in [2.05, 4.69) is 29.1 Å². The van der Waals surface area contributed by atoms with Crippen LogP contribution in [0.25, 0.3) is 0 Å². The number of aromatic nitrogens is 1. The number of carboxylic acids is 1. The fourth-order valence-electron chi connectivity index (χ4n) is 2.16. The molecular formula is C13H20N2O3S. The van der Waals surface area contributed by atoms with Crippen molar-refractivity contribution in [2.24, 2.45) is 0 Å². The van der Waals surface area contributed by atoms with Crippen LogP contribution in [-0.2, 0) is 16.1 Å². The second-order valence-corrected chi connectivity index (χ2v) is 6.02. The lowest BCUT2D eigenvalue weighted by Gasteiger charge is -2.34. The number of aliphatic carboxylic acids is 1. The Hall–Kier alpha value is -0.980. The largest absolute Gasteiger partial charge is 0.481 e. The molecule has 0 aromatic carbocycles. The molecule has 19 heavy (non-hydrogen) atoms. The lowest BCUT2D eigenvalue weighted by molar-refractivity contribution is -0.140. The first kappa shape index (κ1) is 14.4. The van der Waals surface area contributed by atoms with E-state index in [1.54, 1.807) is 11.3 Å². The van der Waals surface area contributed by atoms with Crippen LogP contribution in [0.1, 0.15) is 36.9 Å². The third kappa shape index (κ3) is 3.99. The molecule has 0 spiro atoms. The predicted molar refractivity (Wildman–Crippen MR) is 73.5 cm³/mol. The normalized spacial score (nSPS) is 20.9. The van der Waals surface area contributed by atoms with Gasteiger partial charge in [-0.3, -0.25) is 9.69 Å². The van der Waals surface area contributed by atoms with Gasteiger partial charge in [0.15, 0.2) is 0 Å². The molecule has 1 aromatic rings. The summed E-state index contributed by atoms with van der Waals surface area (Å²) in [6.45, 7) is 6.90. The molecule has 1 aliphatic rings. The first-order chi connectivity index (χ1) is 9.06. The zero-order chi connectivity index (χ0) is 13.8. The maximum absolute atomic E-state index is 10.9. The molecule has 0 aliphatic carbocycles. The molecule has 2 heterocycles. The molecule has 2 rings (SSSR count). The van der Waals surface area contributed by atoms with E-state index in [1.807, 2.05) is 0 Å². The third-order valence-electron chi connectivity index (χ3n) is 3.19. The van der Waals surface area contributed by atoms with Gasteiger partial charge in [-0.05, 0) is 0 Å². The van der Waals surface area contributed by atoms with Gasteiger partial charge in [0, 0.05) is 30.4 Å². The zero-order valence-corrected chi connectivity index (χ0v) is 12.2. The minimum Gasteiger partial charge on any atom is -0.481 e. The zero-order valence-electron chi connectivity index (χ0n) is 11.3. The Morgan fingerprint density at radius 2 is 2.47 bits per heavy atom. The second-order valence-electron chi connectivity index (χ2n) is 5.13. The van der Waals surface area contributed by atoms with Gasteiger partial charge in [-0.2, -0.15) is 0 Å². The molecule has 0 saturated carbocycles. The van der Waals surface area contributed by atoms with Crippen LogP contribution < -0.4 is 0 Å². The molecule has 1 aromatic heterocycles. The number of rotatable bonds is 5.